The van der Waals surface area contributed by atoms with Crippen LogP contribution in [-0.2, 0) is 0 Å². The highest BCUT2D eigenvalue weighted by atomic mass is 16.3. The maximum atomic E-state index is 9.42. The Labute approximate surface area is 94.5 Å². The third kappa shape index (κ3) is 4.12. The van der Waals surface area contributed by atoms with Gasteiger partial charge in [0.15, 0.2) is 0 Å². The van der Waals surface area contributed by atoms with E-state index in [0.29, 0.717) is 11.5 Å². The number of nitrogens with one attached hydrogen (secondary N) is 1. The van der Waals surface area contributed by atoms with E-state index in [0.717, 1.165) is 25.8 Å². The average Bonchev–Trinajstić information content (AvgIpc) is 2.52. The van der Waals surface area contributed by atoms with E-state index in [1.54, 1.807) is 0 Å². The van der Waals surface area contributed by atoms with E-state index in [4.69, 9.17) is 0 Å². The van der Waals surface area contributed by atoms with Crippen LogP contribution in [0.15, 0.2) is 0 Å². The van der Waals surface area contributed by atoms with Gasteiger partial charge in [-0.25, -0.2) is 0 Å². The van der Waals surface area contributed by atoms with E-state index in [1.165, 1.54) is 19.3 Å². The molecule has 2 heteroatoms. The molecule has 0 heterocycles. The van der Waals surface area contributed by atoms with Crippen LogP contribution in [0.1, 0.15) is 59.3 Å². The lowest BCUT2D eigenvalue weighted by Crippen LogP contribution is -2.38. The van der Waals surface area contributed by atoms with Gasteiger partial charge in [-0.1, -0.05) is 27.2 Å². The van der Waals surface area contributed by atoms with Crippen molar-refractivity contribution in [1.29, 1.82) is 0 Å². The van der Waals surface area contributed by atoms with Crippen molar-refractivity contribution in [3.05, 3.63) is 0 Å². The molecule has 2 atom stereocenters. The minimum Gasteiger partial charge on any atom is -0.393 e. The van der Waals surface area contributed by atoms with Gasteiger partial charge >= 0.3 is 0 Å². The van der Waals surface area contributed by atoms with Crippen molar-refractivity contribution in [3.63, 3.8) is 0 Å². The van der Waals surface area contributed by atoms with Gasteiger partial charge in [0.25, 0.3) is 0 Å². The summed E-state index contributed by atoms with van der Waals surface area (Å²) in [7, 11) is 0. The summed E-state index contributed by atoms with van der Waals surface area (Å²) in [6.07, 6.45) is 6.87. The fourth-order valence-corrected chi connectivity index (χ4v) is 2.52. The molecule has 2 N–H and O–H groups in total. The highest BCUT2D eigenvalue weighted by molar-refractivity contribution is 4.89. The molecular formula is C13H27NO. The molecule has 1 rings (SSSR count). The lowest BCUT2D eigenvalue weighted by molar-refractivity contribution is 0.156. The minimum atomic E-state index is -0.0941. The zero-order chi connectivity index (χ0) is 11.3. The predicted molar refractivity (Wildman–Crippen MR) is 65.0 cm³/mol. The van der Waals surface area contributed by atoms with Gasteiger partial charge in [0.05, 0.1) is 6.10 Å². The summed E-state index contributed by atoms with van der Waals surface area (Å²) in [5.74, 6) is 0. The first-order chi connectivity index (χ1) is 7.06. The van der Waals surface area contributed by atoms with Gasteiger partial charge in [-0.15, -0.1) is 0 Å². The van der Waals surface area contributed by atoms with Crippen molar-refractivity contribution in [3.8, 4) is 0 Å². The fourth-order valence-electron chi connectivity index (χ4n) is 2.52. The molecule has 0 amide bonds. The molecular weight excluding hydrogens is 186 g/mol. The number of hydrogen-bond acceptors (Lipinski definition) is 2. The summed E-state index contributed by atoms with van der Waals surface area (Å²) in [5, 5.41) is 13.1. The summed E-state index contributed by atoms with van der Waals surface area (Å²) in [6.45, 7) is 7.82. The first kappa shape index (κ1) is 13.0. The molecule has 2 unspecified atom stereocenters. The molecule has 1 saturated carbocycles. The van der Waals surface area contributed by atoms with Crippen LogP contribution < -0.4 is 5.32 Å². The van der Waals surface area contributed by atoms with Gasteiger partial charge in [-0.3, -0.25) is 0 Å². The van der Waals surface area contributed by atoms with E-state index in [-0.39, 0.29) is 6.10 Å². The first-order valence-electron chi connectivity index (χ1n) is 6.47. The Hall–Kier alpha value is -0.0800. The lowest BCUT2D eigenvalue weighted by atomic mass is 9.87. The van der Waals surface area contributed by atoms with Crippen LogP contribution in [0.2, 0.25) is 0 Å². The largest absolute Gasteiger partial charge is 0.393 e. The number of hydrogen-bond donors (Lipinski definition) is 2. The number of aliphatic hydroxyl groups is 1. The number of rotatable bonds is 6. The van der Waals surface area contributed by atoms with E-state index < -0.39 is 0 Å². The Bertz CT molecular complexity index is 179. The van der Waals surface area contributed by atoms with Crippen LogP contribution in [0.4, 0.5) is 0 Å². The Morgan fingerprint density at radius 1 is 1.47 bits per heavy atom. The Balaban J connectivity index is 2.10. The third-order valence-electron chi connectivity index (χ3n) is 3.83. The van der Waals surface area contributed by atoms with Crippen LogP contribution in [0.3, 0.4) is 0 Å². The Kier molecular flexibility index (Phi) is 5.07. The summed E-state index contributed by atoms with van der Waals surface area (Å²) >= 11 is 0. The second kappa shape index (κ2) is 5.86. The van der Waals surface area contributed by atoms with Crippen molar-refractivity contribution in [1.82, 2.24) is 5.32 Å². The van der Waals surface area contributed by atoms with E-state index in [9.17, 15) is 5.11 Å². The average molecular weight is 213 g/mol. The van der Waals surface area contributed by atoms with Gasteiger partial charge in [0.1, 0.15) is 0 Å². The minimum absolute atomic E-state index is 0.0941. The van der Waals surface area contributed by atoms with Gasteiger partial charge < -0.3 is 10.4 Å². The quantitative estimate of drug-likeness (QED) is 0.665. The Morgan fingerprint density at radius 3 is 2.73 bits per heavy atom. The number of aliphatic hydroxyl groups excluding tert-OH is 1. The highest BCUT2D eigenvalue weighted by Crippen LogP contribution is 2.37. The van der Waals surface area contributed by atoms with Gasteiger partial charge in [-0.05, 0) is 44.1 Å². The normalized spacial score (nSPS) is 26.8. The van der Waals surface area contributed by atoms with Gasteiger partial charge in [-0.2, -0.15) is 0 Å². The van der Waals surface area contributed by atoms with Crippen molar-refractivity contribution in [2.24, 2.45) is 5.41 Å². The SMILES string of the molecule is CCC(O)CCCNC1CCCC1(C)C. The molecule has 1 fully saturated rings. The molecule has 0 aromatic heterocycles. The molecule has 15 heavy (non-hydrogen) atoms. The molecule has 2 nitrogen and oxygen atoms in total. The van der Waals surface area contributed by atoms with E-state index in [1.807, 2.05) is 6.92 Å². The van der Waals surface area contributed by atoms with Crippen molar-refractivity contribution < 1.29 is 5.11 Å². The van der Waals surface area contributed by atoms with E-state index in [2.05, 4.69) is 19.2 Å². The fraction of sp³-hybridized carbons (Fsp3) is 1.00. The molecule has 0 bridgehead atoms. The molecule has 0 aromatic carbocycles. The Morgan fingerprint density at radius 2 is 2.20 bits per heavy atom. The summed E-state index contributed by atoms with van der Waals surface area (Å²) in [4.78, 5) is 0. The molecule has 0 saturated heterocycles. The maximum absolute atomic E-state index is 9.42. The molecule has 0 spiro atoms. The molecule has 1 aliphatic carbocycles. The van der Waals surface area contributed by atoms with Crippen LogP contribution in [-0.4, -0.2) is 23.8 Å². The molecule has 90 valence electrons. The zero-order valence-electron chi connectivity index (χ0n) is 10.6. The van der Waals surface area contributed by atoms with Crippen LogP contribution in [0.25, 0.3) is 0 Å². The summed E-state index contributed by atoms with van der Waals surface area (Å²) < 4.78 is 0. The van der Waals surface area contributed by atoms with Gasteiger partial charge in [0.2, 0.25) is 0 Å². The predicted octanol–water partition coefficient (Wildman–Crippen LogP) is 2.71. The van der Waals surface area contributed by atoms with Crippen LogP contribution >= 0.6 is 0 Å². The summed E-state index contributed by atoms with van der Waals surface area (Å²) in [6, 6.07) is 0.691. The summed E-state index contributed by atoms with van der Waals surface area (Å²) in [5.41, 5.74) is 0.476. The van der Waals surface area contributed by atoms with Crippen LogP contribution in [0, 0.1) is 5.41 Å². The second-order valence-corrected chi connectivity index (χ2v) is 5.59. The highest BCUT2D eigenvalue weighted by Gasteiger charge is 2.33. The van der Waals surface area contributed by atoms with Crippen molar-refractivity contribution in [2.75, 3.05) is 6.54 Å². The lowest BCUT2D eigenvalue weighted by Gasteiger charge is -2.28. The molecule has 0 aromatic rings. The zero-order valence-corrected chi connectivity index (χ0v) is 10.6. The smallest absolute Gasteiger partial charge is 0.0538 e. The molecule has 1 aliphatic rings. The second-order valence-electron chi connectivity index (χ2n) is 5.59. The third-order valence-corrected chi connectivity index (χ3v) is 3.83. The maximum Gasteiger partial charge on any atom is 0.0538 e. The van der Waals surface area contributed by atoms with Crippen molar-refractivity contribution >= 4 is 0 Å². The standard InChI is InChI=1S/C13H27NO/c1-4-11(15)7-6-10-14-12-8-5-9-13(12,2)3/h11-12,14-15H,4-10H2,1-3H3. The topological polar surface area (TPSA) is 32.3 Å². The first-order valence-corrected chi connectivity index (χ1v) is 6.47. The monoisotopic (exact) mass is 213 g/mol. The van der Waals surface area contributed by atoms with Crippen LogP contribution in [0.5, 0.6) is 0 Å². The van der Waals surface area contributed by atoms with Gasteiger partial charge in [0, 0.05) is 6.04 Å². The van der Waals surface area contributed by atoms with Crippen molar-refractivity contribution in [2.45, 2.75) is 71.4 Å². The van der Waals surface area contributed by atoms with E-state index >= 15 is 0 Å². The molecule has 0 radical (unpaired) electrons. The molecule has 0 aliphatic heterocycles.